The van der Waals surface area contributed by atoms with Crippen LogP contribution in [0.15, 0.2) is 48.5 Å². The molecule has 20 heavy (non-hydrogen) atoms. The van der Waals surface area contributed by atoms with E-state index in [-0.39, 0.29) is 0 Å². The molecule has 0 aliphatic rings. The van der Waals surface area contributed by atoms with Crippen LogP contribution in [0.3, 0.4) is 0 Å². The molecule has 2 N–H and O–H groups in total. The summed E-state index contributed by atoms with van der Waals surface area (Å²) >= 11 is 0. The van der Waals surface area contributed by atoms with E-state index in [1.54, 1.807) is 0 Å². The second-order valence-corrected chi connectivity index (χ2v) is 4.17. The van der Waals surface area contributed by atoms with Crippen LogP contribution in [-0.2, 0) is 0 Å². The van der Waals surface area contributed by atoms with E-state index < -0.39 is 0 Å². The Bertz CT molecular complexity index is 508. The normalized spacial score (nSPS) is 10.1. The third-order valence-corrected chi connectivity index (χ3v) is 2.64. The molecule has 0 amide bonds. The molecular weight excluding hydrogens is 254 g/mol. The van der Waals surface area contributed by atoms with Crippen molar-refractivity contribution in [1.82, 2.24) is 0 Å². The molecule has 0 saturated heterocycles. The van der Waals surface area contributed by atoms with Crippen molar-refractivity contribution in [3.05, 3.63) is 48.5 Å². The molecule has 0 radical (unpaired) electrons. The van der Waals surface area contributed by atoms with E-state index in [1.165, 1.54) is 0 Å². The quantitative estimate of drug-likeness (QED) is 0.622. The molecule has 0 aromatic heterocycles. The van der Waals surface area contributed by atoms with Crippen molar-refractivity contribution in [1.29, 1.82) is 0 Å². The van der Waals surface area contributed by atoms with Crippen LogP contribution in [0.4, 0.5) is 5.69 Å². The molecule has 0 saturated carbocycles. The molecule has 0 aliphatic carbocycles. The minimum absolute atomic E-state index is 0.483. The molecule has 2 aromatic rings. The minimum Gasteiger partial charge on any atom is -0.494 e. The Balaban J connectivity index is 1.71. The van der Waals surface area contributed by atoms with E-state index in [0.717, 1.165) is 22.9 Å². The van der Waals surface area contributed by atoms with Crippen LogP contribution in [0.2, 0.25) is 0 Å². The number of hydrogen-bond acceptors (Lipinski definition) is 4. The fourth-order valence-corrected chi connectivity index (χ4v) is 1.68. The average molecular weight is 273 g/mol. The van der Waals surface area contributed by atoms with Gasteiger partial charge in [-0.25, -0.2) is 0 Å². The predicted molar refractivity (Wildman–Crippen MR) is 79.5 cm³/mol. The lowest BCUT2D eigenvalue weighted by Gasteiger charge is -2.09. The van der Waals surface area contributed by atoms with E-state index in [0.29, 0.717) is 19.8 Å². The van der Waals surface area contributed by atoms with Gasteiger partial charge >= 0.3 is 0 Å². The number of nitrogen functional groups attached to an aromatic ring is 1. The largest absolute Gasteiger partial charge is 0.494 e. The third-order valence-electron chi connectivity index (χ3n) is 2.64. The Labute approximate surface area is 119 Å². The van der Waals surface area contributed by atoms with Crippen molar-refractivity contribution >= 4 is 5.69 Å². The number of benzene rings is 2. The van der Waals surface area contributed by atoms with Gasteiger partial charge in [0.05, 0.1) is 6.61 Å². The summed E-state index contributed by atoms with van der Waals surface area (Å²) in [6, 6.07) is 14.8. The van der Waals surface area contributed by atoms with Gasteiger partial charge in [0.25, 0.3) is 0 Å². The first-order valence-corrected chi connectivity index (χ1v) is 6.62. The molecule has 0 aliphatic heterocycles. The van der Waals surface area contributed by atoms with E-state index in [1.807, 2.05) is 55.5 Å². The minimum atomic E-state index is 0.483. The topological polar surface area (TPSA) is 53.7 Å². The maximum Gasteiger partial charge on any atom is 0.122 e. The summed E-state index contributed by atoms with van der Waals surface area (Å²) in [6.45, 7) is 3.59. The first kappa shape index (κ1) is 14.1. The van der Waals surface area contributed by atoms with Crippen LogP contribution in [0.1, 0.15) is 6.92 Å². The summed E-state index contributed by atoms with van der Waals surface area (Å²) in [5.41, 5.74) is 6.33. The zero-order valence-corrected chi connectivity index (χ0v) is 11.5. The molecule has 4 nitrogen and oxygen atoms in total. The van der Waals surface area contributed by atoms with Crippen LogP contribution >= 0.6 is 0 Å². The molecule has 0 atom stereocenters. The molecule has 2 rings (SSSR count). The van der Waals surface area contributed by atoms with Crippen LogP contribution in [0.25, 0.3) is 0 Å². The van der Waals surface area contributed by atoms with Gasteiger partial charge in [-0.15, -0.1) is 0 Å². The van der Waals surface area contributed by atoms with Crippen molar-refractivity contribution in [2.45, 2.75) is 6.92 Å². The lowest BCUT2D eigenvalue weighted by molar-refractivity contribution is 0.217. The van der Waals surface area contributed by atoms with E-state index in [4.69, 9.17) is 19.9 Å². The first-order valence-electron chi connectivity index (χ1n) is 6.62. The summed E-state index contributed by atoms with van der Waals surface area (Å²) in [5.74, 6) is 2.43. The highest BCUT2D eigenvalue weighted by atomic mass is 16.5. The smallest absolute Gasteiger partial charge is 0.122 e. The van der Waals surface area contributed by atoms with Crippen molar-refractivity contribution in [2.75, 3.05) is 25.6 Å². The maximum atomic E-state index is 5.60. The fraction of sp³-hybridized carbons (Fsp3) is 0.250. The van der Waals surface area contributed by atoms with Crippen molar-refractivity contribution in [2.24, 2.45) is 0 Å². The molecule has 0 spiro atoms. The van der Waals surface area contributed by atoms with Gasteiger partial charge in [-0.1, -0.05) is 0 Å². The second-order valence-electron chi connectivity index (χ2n) is 4.17. The number of ether oxygens (including phenoxy) is 3. The Kier molecular flexibility index (Phi) is 5.12. The molecular formula is C16H19NO3. The van der Waals surface area contributed by atoms with Crippen molar-refractivity contribution in [3.8, 4) is 17.2 Å². The molecule has 4 heteroatoms. The summed E-state index contributed by atoms with van der Waals surface area (Å²) in [7, 11) is 0. The zero-order valence-electron chi connectivity index (χ0n) is 11.5. The Morgan fingerprint density at radius 1 is 0.700 bits per heavy atom. The second kappa shape index (κ2) is 7.28. The zero-order chi connectivity index (χ0) is 14.2. The van der Waals surface area contributed by atoms with Gasteiger partial charge in [0.15, 0.2) is 0 Å². The number of rotatable bonds is 7. The molecule has 2 aromatic carbocycles. The van der Waals surface area contributed by atoms with Gasteiger partial charge in [0.1, 0.15) is 30.5 Å². The van der Waals surface area contributed by atoms with Crippen LogP contribution in [-0.4, -0.2) is 19.8 Å². The van der Waals surface area contributed by atoms with Crippen LogP contribution < -0.4 is 19.9 Å². The maximum absolute atomic E-state index is 5.60. The fourth-order valence-electron chi connectivity index (χ4n) is 1.68. The lowest BCUT2D eigenvalue weighted by Crippen LogP contribution is -2.08. The molecule has 106 valence electrons. The molecule has 0 bridgehead atoms. The van der Waals surface area contributed by atoms with Gasteiger partial charge in [-0.3, -0.25) is 0 Å². The number of hydrogen-bond donors (Lipinski definition) is 1. The summed E-state index contributed by atoms with van der Waals surface area (Å²) in [6.07, 6.45) is 0. The lowest BCUT2D eigenvalue weighted by atomic mass is 10.3. The highest BCUT2D eigenvalue weighted by molar-refractivity contribution is 5.41. The predicted octanol–water partition coefficient (Wildman–Crippen LogP) is 3.13. The van der Waals surface area contributed by atoms with Crippen LogP contribution in [0, 0.1) is 0 Å². The third kappa shape index (κ3) is 4.39. The van der Waals surface area contributed by atoms with Gasteiger partial charge in [-0.2, -0.15) is 0 Å². The van der Waals surface area contributed by atoms with Crippen LogP contribution in [0.5, 0.6) is 17.2 Å². The molecule has 0 unspecified atom stereocenters. The molecule has 0 heterocycles. The standard InChI is InChI=1S/C16H19NO3/c1-2-18-14-7-9-16(10-8-14)20-12-11-19-15-5-3-13(17)4-6-15/h3-10H,2,11-12,17H2,1H3. The highest BCUT2D eigenvalue weighted by Crippen LogP contribution is 2.17. The van der Waals surface area contributed by atoms with Gasteiger partial charge in [-0.05, 0) is 55.5 Å². The van der Waals surface area contributed by atoms with Gasteiger partial charge in [0, 0.05) is 5.69 Å². The van der Waals surface area contributed by atoms with Gasteiger partial charge < -0.3 is 19.9 Å². The van der Waals surface area contributed by atoms with E-state index in [9.17, 15) is 0 Å². The number of anilines is 1. The summed E-state index contributed by atoms with van der Waals surface area (Å²) < 4.78 is 16.5. The Hall–Kier alpha value is -2.36. The SMILES string of the molecule is CCOc1ccc(OCCOc2ccc(N)cc2)cc1. The first-order chi connectivity index (χ1) is 9.78. The van der Waals surface area contributed by atoms with Crippen molar-refractivity contribution < 1.29 is 14.2 Å². The molecule has 0 fully saturated rings. The van der Waals surface area contributed by atoms with E-state index >= 15 is 0 Å². The monoisotopic (exact) mass is 273 g/mol. The van der Waals surface area contributed by atoms with Crippen molar-refractivity contribution in [3.63, 3.8) is 0 Å². The summed E-state index contributed by atoms with van der Waals surface area (Å²) in [5, 5.41) is 0. The summed E-state index contributed by atoms with van der Waals surface area (Å²) in [4.78, 5) is 0. The highest BCUT2D eigenvalue weighted by Gasteiger charge is 1.97. The van der Waals surface area contributed by atoms with Gasteiger partial charge in [0.2, 0.25) is 0 Å². The Morgan fingerprint density at radius 2 is 1.10 bits per heavy atom. The number of nitrogens with two attached hydrogens (primary N) is 1. The Morgan fingerprint density at radius 3 is 1.55 bits per heavy atom. The average Bonchev–Trinajstić information content (AvgIpc) is 2.47. The van der Waals surface area contributed by atoms with E-state index in [2.05, 4.69) is 0 Å².